The number of benzene rings is 1. The Morgan fingerprint density at radius 2 is 2.14 bits per heavy atom. The summed E-state index contributed by atoms with van der Waals surface area (Å²) in [6.45, 7) is 3.14. The molecule has 0 aromatic heterocycles. The van der Waals surface area contributed by atoms with Crippen LogP contribution in [0.1, 0.15) is 25.8 Å². The summed E-state index contributed by atoms with van der Waals surface area (Å²) in [6, 6.07) is 1.94. The average molecular weight is 356 g/mol. The molecule has 1 atom stereocenters. The molecule has 0 aliphatic rings. The third kappa shape index (κ3) is 5.41. The van der Waals surface area contributed by atoms with Crippen molar-refractivity contribution in [1.82, 2.24) is 4.72 Å². The van der Waals surface area contributed by atoms with Crippen LogP contribution in [0.5, 0.6) is 0 Å². The van der Waals surface area contributed by atoms with E-state index in [1.165, 1.54) is 6.07 Å². The van der Waals surface area contributed by atoms with Gasteiger partial charge in [-0.2, -0.15) is 11.8 Å². The first-order valence-corrected chi connectivity index (χ1v) is 9.52. The predicted octanol–water partition coefficient (Wildman–Crippen LogP) is 2.78. The van der Waals surface area contributed by atoms with Crippen molar-refractivity contribution < 1.29 is 17.9 Å². The number of sulfonamides is 1. The molecule has 1 aromatic rings. The van der Waals surface area contributed by atoms with Crippen LogP contribution < -0.4 is 4.72 Å². The fourth-order valence-electron chi connectivity index (χ4n) is 1.72. The van der Waals surface area contributed by atoms with Gasteiger partial charge in [0.15, 0.2) is 0 Å². The van der Waals surface area contributed by atoms with Gasteiger partial charge in [-0.25, -0.2) is 17.5 Å². The lowest BCUT2D eigenvalue weighted by Crippen LogP contribution is -2.33. The molecular formula is C13H19ClFNO3S2. The van der Waals surface area contributed by atoms with E-state index in [1.807, 2.05) is 6.92 Å². The van der Waals surface area contributed by atoms with Gasteiger partial charge in [-0.05, 0) is 37.0 Å². The molecule has 1 unspecified atom stereocenters. The second-order valence-electron chi connectivity index (χ2n) is 4.54. The SMILES string of the molecule is CCSCCC(C)NS(=O)(=O)c1cc(Cl)cc(CO)c1F. The summed E-state index contributed by atoms with van der Waals surface area (Å²) in [4.78, 5) is -0.533. The Morgan fingerprint density at radius 1 is 1.48 bits per heavy atom. The maximum Gasteiger partial charge on any atom is 0.243 e. The van der Waals surface area contributed by atoms with E-state index in [1.54, 1.807) is 18.7 Å². The molecule has 2 N–H and O–H groups in total. The van der Waals surface area contributed by atoms with Gasteiger partial charge in [-0.1, -0.05) is 18.5 Å². The molecule has 1 rings (SSSR count). The van der Waals surface area contributed by atoms with Crippen LogP contribution in [-0.4, -0.2) is 31.1 Å². The van der Waals surface area contributed by atoms with Crippen LogP contribution in [0, 0.1) is 5.82 Å². The highest BCUT2D eigenvalue weighted by atomic mass is 35.5. The molecule has 0 saturated heterocycles. The molecule has 0 aliphatic heterocycles. The van der Waals surface area contributed by atoms with Gasteiger partial charge < -0.3 is 5.11 Å². The van der Waals surface area contributed by atoms with Crippen LogP contribution >= 0.6 is 23.4 Å². The van der Waals surface area contributed by atoms with Gasteiger partial charge in [0.1, 0.15) is 10.7 Å². The van der Waals surface area contributed by atoms with Crippen molar-refractivity contribution in [1.29, 1.82) is 0 Å². The number of aliphatic hydroxyl groups is 1. The summed E-state index contributed by atoms with van der Waals surface area (Å²) >= 11 is 7.48. The van der Waals surface area contributed by atoms with Crippen molar-refractivity contribution in [3.63, 3.8) is 0 Å². The number of aliphatic hydroxyl groups excluding tert-OH is 1. The second-order valence-corrected chi connectivity index (χ2v) is 8.06. The number of rotatable bonds is 8. The Hall–Kier alpha value is -0.340. The van der Waals surface area contributed by atoms with Gasteiger partial charge in [0.2, 0.25) is 10.0 Å². The Balaban J connectivity index is 2.95. The minimum Gasteiger partial charge on any atom is -0.392 e. The summed E-state index contributed by atoms with van der Waals surface area (Å²) in [5, 5.41) is 9.11. The molecule has 4 nitrogen and oxygen atoms in total. The van der Waals surface area contributed by atoms with E-state index in [9.17, 15) is 12.8 Å². The highest BCUT2D eigenvalue weighted by Gasteiger charge is 2.24. The summed E-state index contributed by atoms with van der Waals surface area (Å²) in [7, 11) is -4.01. The van der Waals surface area contributed by atoms with E-state index in [4.69, 9.17) is 16.7 Å². The maximum absolute atomic E-state index is 14.1. The molecule has 0 amide bonds. The number of halogens is 2. The Labute approximate surface area is 134 Å². The number of thioether (sulfide) groups is 1. The Morgan fingerprint density at radius 3 is 2.71 bits per heavy atom. The van der Waals surface area contributed by atoms with Gasteiger partial charge in [-0.3, -0.25) is 0 Å². The van der Waals surface area contributed by atoms with Gasteiger partial charge in [0.25, 0.3) is 0 Å². The highest BCUT2D eigenvalue weighted by molar-refractivity contribution is 7.99. The third-order valence-electron chi connectivity index (χ3n) is 2.79. The van der Waals surface area contributed by atoms with E-state index in [2.05, 4.69) is 4.72 Å². The average Bonchev–Trinajstić information content (AvgIpc) is 2.40. The maximum atomic E-state index is 14.1. The van der Waals surface area contributed by atoms with Crippen LogP contribution in [0.2, 0.25) is 5.02 Å². The van der Waals surface area contributed by atoms with Crippen LogP contribution in [0.25, 0.3) is 0 Å². The van der Waals surface area contributed by atoms with Crippen molar-refractivity contribution in [2.45, 2.75) is 37.8 Å². The van der Waals surface area contributed by atoms with E-state index in [0.29, 0.717) is 6.42 Å². The normalized spacial score (nSPS) is 13.4. The first-order chi connectivity index (χ1) is 9.81. The van der Waals surface area contributed by atoms with Crippen LogP contribution in [0.15, 0.2) is 17.0 Å². The van der Waals surface area contributed by atoms with E-state index in [-0.39, 0.29) is 16.6 Å². The molecule has 0 radical (unpaired) electrons. The quantitative estimate of drug-likeness (QED) is 0.704. The largest absolute Gasteiger partial charge is 0.392 e. The first-order valence-electron chi connectivity index (χ1n) is 6.50. The molecule has 0 saturated carbocycles. The standard InChI is InChI=1S/C13H19ClFNO3S2/c1-3-20-5-4-9(2)16-21(18,19)12-7-11(14)6-10(8-17)13(12)15/h6-7,9,16-17H,3-5,8H2,1-2H3. The molecular weight excluding hydrogens is 337 g/mol. The zero-order chi connectivity index (χ0) is 16.0. The fraction of sp³-hybridized carbons (Fsp3) is 0.538. The highest BCUT2D eigenvalue weighted by Crippen LogP contribution is 2.24. The minimum absolute atomic E-state index is 0.0648. The smallest absolute Gasteiger partial charge is 0.243 e. The van der Waals surface area contributed by atoms with Crippen molar-refractivity contribution >= 4 is 33.4 Å². The topological polar surface area (TPSA) is 66.4 Å². The summed E-state index contributed by atoms with van der Waals surface area (Å²) in [5.74, 6) is 0.812. The van der Waals surface area contributed by atoms with Crippen molar-refractivity contribution in [3.8, 4) is 0 Å². The summed E-state index contributed by atoms with van der Waals surface area (Å²) < 4.78 is 40.9. The fourth-order valence-corrected chi connectivity index (χ4v) is 4.26. The lowest BCUT2D eigenvalue weighted by atomic mass is 10.2. The zero-order valence-electron chi connectivity index (χ0n) is 11.9. The molecule has 0 aliphatic carbocycles. The van der Waals surface area contributed by atoms with Crippen LogP contribution in [-0.2, 0) is 16.6 Å². The van der Waals surface area contributed by atoms with Gasteiger partial charge in [0, 0.05) is 16.6 Å². The van der Waals surface area contributed by atoms with Crippen molar-refractivity contribution in [2.75, 3.05) is 11.5 Å². The molecule has 0 bridgehead atoms. The Kier molecular flexibility index (Phi) is 7.42. The molecule has 1 aromatic carbocycles. The van der Waals surface area contributed by atoms with Gasteiger partial charge in [0.05, 0.1) is 6.61 Å². The van der Waals surface area contributed by atoms with E-state index in [0.717, 1.165) is 17.6 Å². The lowest BCUT2D eigenvalue weighted by Gasteiger charge is -2.15. The predicted molar refractivity (Wildman–Crippen MR) is 84.7 cm³/mol. The molecule has 21 heavy (non-hydrogen) atoms. The van der Waals surface area contributed by atoms with Gasteiger partial charge >= 0.3 is 0 Å². The summed E-state index contributed by atoms with van der Waals surface area (Å²) in [6.07, 6.45) is 0.646. The van der Waals surface area contributed by atoms with Crippen molar-refractivity contribution in [3.05, 3.63) is 28.5 Å². The number of hydrogen-bond acceptors (Lipinski definition) is 4. The van der Waals surface area contributed by atoms with Gasteiger partial charge in [-0.15, -0.1) is 0 Å². The molecule has 0 heterocycles. The lowest BCUT2D eigenvalue weighted by molar-refractivity contribution is 0.274. The van der Waals surface area contributed by atoms with Crippen molar-refractivity contribution in [2.24, 2.45) is 0 Å². The summed E-state index contributed by atoms with van der Waals surface area (Å²) in [5.41, 5.74) is -0.142. The second kappa shape index (κ2) is 8.33. The first kappa shape index (κ1) is 18.7. The van der Waals surface area contributed by atoms with E-state index < -0.39 is 27.3 Å². The monoisotopic (exact) mass is 355 g/mol. The van der Waals surface area contributed by atoms with Crippen LogP contribution in [0.3, 0.4) is 0 Å². The zero-order valence-corrected chi connectivity index (χ0v) is 14.3. The van der Waals surface area contributed by atoms with Crippen LogP contribution in [0.4, 0.5) is 4.39 Å². The van der Waals surface area contributed by atoms with E-state index >= 15 is 0 Å². The molecule has 8 heteroatoms. The molecule has 0 spiro atoms. The molecule has 0 fully saturated rings. The molecule has 120 valence electrons. The Bertz CT molecular complexity index is 581. The number of hydrogen-bond donors (Lipinski definition) is 2. The number of nitrogens with one attached hydrogen (secondary N) is 1. The minimum atomic E-state index is -4.01. The third-order valence-corrected chi connectivity index (χ3v) is 5.53.